The summed E-state index contributed by atoms with van der Waals surface area (Å²) in [5, 5.41) is 8.02. The van der Waals surface area contributed by atoms with Crippen molar-refractivity contribution in [2.24, 2.45) is 0 Å². The molecule has 1 atom stereocenters. The van der Waals surface area contributed by atoms with Crippen LogP contribution in [-0.4, -0.2) is 53.8 Å². The number of pyridine rings is 1. The third-order valence-electron chi connectivity index (χ3n) is 4.28. The molecule has 0 aliphatic carbocycles. The Labute approximate surface area is 160 Å². The molecule has 4 heterocycles. The van der Waals surface area contributed by atoms with Crippen molar-refractivity contribution in [3.8, 4) is 0 Å². The van der Waals surface area contributed by atoms with Crippen molar-refractivity contribution in [3.05, 3.63) is 47.2 Å². The number of amides is 1. The maximum Gasteiger partial charge on any atom is 0.271 e. The largest absolute Gasteiger partial charge is 0.377 e. The summed E-state index contributed by atoms with van der Waals surface area (Å²) in [5.74, 6) is 0.179. The lowest BCUT2D eigenvalue weighted by molar-refractivity contribution is -0.00351. The van der Waals surface area contributed by atoms with Crippen LogP contribution in [0.25, 0.3) is 10.2 Å². The molecular weight excluding hydrogens is 366 g/mol. The SMILES string of the molecule is CO[C@@H](CNc1nc(C(=O)NC2COC2)c2sccc2n1)c1cccnc1. The molecule has 3 aromatic heterocycles. The van der Waals surface area contributed by atoms with Crippen molar-refractivity contribution in [2.75, 3.05) is 32.2 Å². The van der Waals surface area contributed by atoms with Crippen molar-refractivity contribution in [2.45, 2.75) is 12.1 Å². The molecule has 0 bridgehead atoms. The maximum absolute atomic E-state index is 12.6. The van der Waals surface area contributed by atoms with Crippen LogP contribution in [0.4, 0.5) is 5.95 Å². The Bertz CT molecular complexity index is 929. The van der Waals surface area contributed by atoms with Gasteiger partial charge in [-0.25, -0.2) is 9.97 Å². The first kappa shape index (κ1) is 17.8. The number of hydrogen-bond donors (Lipinski definition) is 2. The minimum absolute atomic E-state index is 0.0438. The average Bonchev–Trinajstić information content (AvgIpc) is 3.14. The number of thiophene rings is 1. The number of fused-ring (bicyclic) bond motifs is 1. The molecule has 1 amide bonds. The van der Waals surface area contributed by atoms with Gasteiger partial charge in [-0.1, -0.05) is 6.07 Å². The normalized spacial score (nSPS) is 15.3. The van der Waals surface area contributed by atoms with E-state index in [1.54, 1.807) is 19.5 Å². The van der Waals surface area contributed by atoms with E-state index in [0.29, 0.717) is 31.4 Å². The Hall–Kier alpha value is -2.62. The number of anilines is 1. The van der Waals surface area contributed by atoms with Gasteiger partial charge in [-0.3, -0.25) is 9.78 Å². The fourth-order valence-electron chi connectivity index (χ4n) is 2.76. The molecule has 0 saturated carbocycles. The zero-order valence-electron chi connectivity index (χ0n) is 14.7. The van der Waals surface area contributed by atoms with Crippen LogP contribution in [0.15, 0.2) is 36.0 Å². The van der Waals surface area contributed by atoms with Crippen LogP contribution in [0.5, 0.6) is 0 Å². The molecule has 4 rings (SSSR count). The first-order valence-corrected chi connectivity index (χ1v) is 9.43. The Morgan fingerprint density at radius 3 is 3.00 bits per heavy atom. The molecule has 9 heteroatoms. The van der Waals surface area contributed by atoms with Crippen LogP contribution in [0.2, 0.25) is 0 Å². The molecule has 27 heavy (non-hydrogen) atoms. The van der Waals surface area contributed by atoms with Crippen molar-refractivity contribution in [1.82, 2.24) is 20.3 Å². The van der Waals surface area contributed by atoms with Crippen LogP contribution < -0.4 is 10.6 Å². The van der Waals surface area contributed by atoms with Gasteiger partial charge in [0.2, 0.25) is 5.95 Å². The summed E-state index contributed by atoms with van der Waals surface area (Å²) >= 11 is 1.45. The van der Waals surface area contributed by atoms with Gasteiger partial charge in [-0.2, -0.15) is 0 Å². The molecular formula is C18H19N5O3S. The second kappa shape index (κ2) is 7.95. The predicted molar refractivity (Wildman–Crippen MR) is 102 cm³/mol. The van der Waals surface area contributed by atoms with Crippen LogP contribution in [0.3, 0.4) is 0 Å². The highest BCUT2D eigenvalue weighted by Crippen LogP contribution is 2.24. The summed E-state index contributed by atoms with van der Waals surface area (Å²) in [6, 6.07) is 5.74. The summed E-state index contributed by atoms with van der Waals surface area (Å²) in [5.41, 5.74) is 2.06. The summed E-state index contributed by atoms with van der Waals surface area (Å²) in [7, 11) is 1.64. The van der Waals surface area contributed by atoms with E-state index in [4.69, 9.17) is 9.47 Å². The standard InChI is InChI=1S/C18H19N5O3S/c1-25-14(11-3-2-5-19-7-11)8-20-18-22-13-4-6-27-16(13)15(23-18)17(24)21-12-9-26-10-12/h2-7,12,14H,8-10H2,1H3,(H,21,24)(H,20,22,23)/t14-/m0/s1. The summed E-state index contributed by atoms with van der Waals surface area (Å²) in [6.07, 6.45) is 3.28. The van der Waals surface area contributed by atoms with E-state index in [9.17, 15) is 4.79 Å². The number of rotatable bonds is 7. The van der Waals surface area contributed by atoms with E-state index in [-0.39, 0.29) is 18.1 Å². The Kier molecular flexibility index (Phi) is 5.23. The van der Waals surface area contributed by atoms with Crippen molar-refractivity contribution in [1.29, 1.82) is 0 Å². The fraction of sp³-hybridized carbons (Fsp3) is 0.333. The van der Waals surface area contributed by atoms with E-state index >= 15 is 0 Å². The Morgan fingerprint density at radius 2 is 2.30 bits per heavy atom. The monoisotopic (exact) mass is 385 g/mol. The molecule has 3 aromatic rings. The summed E-state index contributed by atoms with van der Waals surface area (Å²) in [6.45, 7) is 1.53. The zero-order valence-corrected chi connectivity index (χ0v) is 15.5. The van der Waals surface area contributed by atoms with Crippen molar-refractivity contribution >= 4 is 33.4 Å². The number of carbonyl (C=O) groups excluding carboxylic acids is 1. The van der Waals surface area contributed by atoms with Gasteiger partial charge in [0.15, 0.2) is 5.69 Å². The molecule has 0 spiro atoms. The number of hydrogen-bond acceptors (Lipinski definition) is 8. The van der Waals surface area contributed by atoms with E-state index in [1.165, 1.54) is 11.3 Å². The summed E-state index contributed by atoms with van der Waals surface area (Å²) in [4.78, 5) is 25.7. The predicted octanol–water partition coefficient (Wildman–Crippen LogP) is 2.01. The molecule has 2 N–H and O–H groups in total. The lowest BCUT2D eigenvalue weighted by Gasteiger charge is -2.26. The third kappa shape index (κ3) is 3.90. The summed E-state index contributed by atoms with van der Waals surface area (Å²) < 4.78 is 11.4. The molecule has 0 unspecified atom stereocenters. The van der Waals surface area contributed by atoms with Gasteiger partial charge in [-0.15, -0.1) is 11.3 Å². The first-order valence-electron chi connectivity index (χ1n) is 8.55. The zero-order chi connectivity index (χ0) is 18.6. The van der Waals surface area contributed by atoms with Gasteiger partial charge in [0.1, 0.15) is 6.10 Å². The van der Waals surface area contributed by atoms with Gasteiger partial charge in [0, 0.05) is 31.6 Å². The highest BCUT2D eigenvalue weighted by molar-refractivity contribution is 7.17. The minimum Gasteiger partial charge on any atom is -0.377 e. The highest BCUT2D eigenvalue weighted by atomic mass is 32.1. The number of methoxy groups -OCH3 is 1. The molecule has 1 aliphatic rings. The van der Waals surface area contributed by atoms with Crippen LogP contribution in [0.1, 0.15) is 22.2 Å². The average molecular weight is 385 g/mol. The van der Waals surface area contributed by atoms with Gasteiger partial charge >= 0.3 is 0 Å². The topological polar surface area (TPSA) is 98.3 Å². The third-order valence-corrected chi connectivity index (χ3v) is 5.19. The number of aromatic nitrogens is 3. The lowest BCUT2D eigenvalue weighted by atomic mass is 10.1. The number of carbonyl (C=O) groups is 1. The number of nitrogens with zero attached hydrogens (tertiary/aromatic N) is 3. The first-order chi connectivity index (χ1) is 13.2. The lowest BCUT2D eigenvalue weighted by Crippen LogP contribution is -2.48. The molecule has 0 radical (unpaired) electrons. The smallest absolute Gasteiger partial charge is 0.271 e. The van der Waals surface area contributed by atoms with E-state index in [2.05, 4.69) is 25.6 Å². The second-order valence-electron chi connectivity index (χ2n) is 6.13. The quantitative estimate of drug-likeness (QED) is 0.642. The van der Waals surface area contributed by atoms with Crippen molar-refractivity contribution < 1.29 is 14.3 Å². The van der Waals surface area contributed by atoms with Gasteiger partial charge in [0.05, 0.1) is 29.5 Å². The van der Waals surface area contributed by atoms with Gasteiger partial charge < -0.3 is 20.1 Å². The Morgan fingerprint density at radius 1 is 1.41 bits per heavy atom. The molecule has 1 aliphatic heterocycles. The van der Waals surface area contributed by atoms with Crippen LogP contribution in [0, 0.1) is 0 Å². The maximum atomic E-state index is 12.6. The van der Waals surface area contributed by atoms with E-state index in [0.717, 1.165) is 15.8 Å². The van der Waals surface area contributed by atoms with E-state index in [1.807, 2.05) is 23.6 Å². The fourth-order valence-corrected chi connectivity index (χ4v) is 3.57. The van der Waals surface area contributed by atoms with Crippen LogP contribution >= 0.6 is 11.3 Å². The highest BCUT2D eigenvalue weighted by Gasteiger charge is 2.24. The van der Waals surface area contributed by atoms with E-state index < -0.39 is 0 Å². The van der Waals surface area contributed by atoms with Gasteiger partial charge in [0.25, 0.3) is 5.91 Å². The molecule has 1 saturated heterocycles. The molecule has 140 valence electrons. The number of ether oxygens (including phenoxy) is 2. The Balaban J connectivity index is 1.53. The molecule has 0 aromatic carbocycles. The van der Waals surface area contributed by atoms with Gasteiger partial charge in [-0.05, 0) is 17.5 Å². The number of nitrogens with one attached hydrogen (secondary N) is 2. The molecule has 8 nitrogen and oxygen atoms in total. The second-order valence-corrected chi connectivity index (χ2v) is 7.05. The van der Waals surface area contributed by atoms with Crippen LogP contribution in [-0.2, 0) is 9.47 Å². The van der Waals surface area contributed by atoms with Crippen molar-refractivity contribution in [3.63, 3.8) is 0 Å². The molecule has 1 fully saturated rings. The minimum atomic E-state index is -0.211.